The maximum atomic E-state index is 11.0. The van der Waals surface area contributed by atoms with Gasteiger partial charge in [0.15, 0.2) is 0 Å². The predicted octanol–water partition coefficient (Wildman–Crippen LogP) is 5.99. The van der Waals surface area contributed by atoms with Gasteiger partial charge in [0.05, 0.1) is 15.1 Å². The van der Waals surface area contributed by atoms with E-state index in [1.54, 1.807) is 23.5 Å². The van der Waals surface area contributed by atoms with Gasteiger partial charge in [0.1, 0.15) is 10.0 Å². The topological polar surface area (TPSA) is 56.0 Å². The molecule has 0 aliphatic carbocycles. The zero-order valence-corrected chi connectivity index (χ0v) is 14.2. The summed E-state index contributed by atoms with van der Waals surface area (Å²) < 4.78 is 1.09. The molecule has 0 radical (unpaired) electrons. The molecule has 0 N–H and O–H groups in total. The lowest BCUT2D eigenvalue weighted by atomic mass is 10.2. The molecule has 0 bridgehead atoms. The number of halogens is 2. The molecule has 1 heterocycles. The summed E-state index contributed by atoms with van der Waals surface area (Å²) in [5.41, 5.74) is 2.44. The smallest absolute Gasteiger partial charge is 0.258 e. The molecule has 0 spiro atoms. The minimum absolute atomic E-state index is 0.0209. The lowest BCUT2D eigenvalue weighted by Crippen LogP contribution is -1.90. The van der Waals surface area contributed by atoms with Crippen molar-refractivity contribution in [1.29, 1.82) is 0 Å². The minimum Gasteiger partial charge on any atom is -0.258 e. The molecule has 0 saturated heterocycles. The first kappa shape index (κ1) is 15.9. The van der Waals surface area contributed by atoms with Gasteiger partial charge in [-0.25, -0.2) is 4.98 Å². The molecule has 116 valence electrons. The Bertz CT molecular complexity index is 951. The molecule has 2 aromatic carbocycles. The van der Waals surface area contributed by atoms with Crippen molar-refractivity contribution >= 4 is 62.6 Å². The van der Waals surface area contributed by atoms with Crippen LogP contribution in [0.5, 0.6) is 0 Å². The van der Waals surface area contributed by atoms with E-state index >= 15 is 0 Å². The van der Waals surface area contributed by atoms with Crippen molar-refractivity contribution in [3.05, 3.63) is 66.6 Å². The monoisotopic (exact) mass is 364 g/mol. The standard InChI is InChI=1S/C16H10Cl2N2O2S/c1-9-2-4-15-13(6-9)19-16(23-15)5-3-10-7-14(20(21)22)12(18)8-11(10)17/h2-8H,1H3. The number of nitro groups is 1. The van der Waals surface area contributed by atoms with Gasteiger partial charge in [-0.1, -0.05) is 35.3 Å². The van der Waals surface area contributed by atoms with Crippen LogP contribution < -0.4 is 0 Å². The fourth-order valence-electron chi connectivity index (χ4n) is 2.11. The van der Waals surface area contributed by atoms with Gasteiger partial charge in [-0.05, 0) is 36.8 Å². The van der Waals surface area contributed by atoms with Crippen LogP contribution >= 0.6 is 34.5 Å². The average molecular weight is 365 g/mol. The number of benzene rings is 2. The van der Waals surface area contributed by atoms with Crippen molar-refractivity contribution in [2.75, 3.05) is 0 Å². The van der Waals surface area contributed by atoms with E-state index in [1.807, 2.05) is 25.1 Å². The summed E-state index contributed by atoms with van der Waals surface area (Å²) >= 11 is 13.5. The molecule has 23 heavy (non-hydrogen) atoms. The number of rotatable bonds is 3. The molecule has 7 heteroatoms. The van der Waals surface area contributed by atoms with Crippen LogP contribution in [-0.4, -0.2) is 9.91 Å². The lowest BCUT2D eigenvalue weighted by Gasteiger charge is -2.00. The fourth-order valence-corrected chi connectivity index (χ4v) is 3.47. The highest BCUT2D eigenvalue weighted by Gasteiger charge is 2.15. The normalized spacial score (nSPS) is 11.4. The number of hydrogen-bond donors (Lipinski definition) is 0. The van der Waals surface area contributed by atoms with Gasteiger partial charge in [0.25, 0.3) is 5.69 Å². The largest absolute Gasteiger partial charge is 0.288 e. The van der Waals surface area contributed by atoms with E-state index in [4.69, 9.17) is 23.2 Å². The molecule has 0 atom stereocenters. The number of fused-ring (bicyclic) bond motifs is 1. The Morgan fingerprint density at radius 2 is 1.96 bits per heavy atom. The van der Waals surface area contributed by atoms with Gasteiger partial charge in [-0.3, -0.25) is 10.1 Å². The first-order valence-electron chi connectivity index (χ1n) is 6.63. The Kier molecular flexibility index (Phi) is 4.35. The fraction of sp³-hybridized carbons (Fsp3) is 0.0625. The van der Waals surface area contributed by atoms with E-state index in [1.165, 1.54) is 12.1 Å². The van der Waals surface area contributed by atoms with Crippen molar-refractivity contribution in [2.45, 2.75) is 6.92 Å². The number of hydrogen-bond acceptors (Lipinski definition) is 4. The van der Waals surface area contributed by atoms with Crippen LogP contribution in [0.1, 0.15) is 16.1 Å². The third-order valence-electron chi connectivity index (χ3n) is 3.23. The van der Waals surface area contributed by atoms with Crippen LogP contribution in [0, 0.1) is 17.0 Å². The SMILES string of the molecule is Cc1ccc2sc(C=Cc3cc([N+](=O)[O-])c(Cl)cc3Cl)nc2c1. The summed E-state index contributed by atoms with van der Waals surface area (Å²) in [6.07, 6.45) is 3.50. The van der Waals surface area contributed by atoms with Gasteiger partial charge < -0.3 is 0 Å². The van der Waals surface area contributed by atoms with Crippen molar-refractivity contribution in [1.82, 2.24) is 4.98 Å². The maximum absolute atomic E-state index is 11.0. The Hall–Kier alpha value is -1.95. The van der Waals surface area contributed by atoms with E-state index in [-0.39, 0.29) is 10.7 Å². The summed E-state index contributed by atoms with van der Waals surface area (Å²) in [5.74, 6) is 0. The number of aromatic nitrogens is 1. The summed E-state index contributed by atoms with van der Waals surface area (Å²) in [5, 5.41) is 12.1. The van der Waals surface area contributed by atoms with Crippen molar-refractivity contribution < 1.29 is 4.92 Å². The highest BCUT2D eigenvalue weighted by molar-refractivity contribution is 7.19. The van der Waals surface area contributed by atoms with Crippen LogP contribution in [0.25, 0.3) is 22.4 Å². The molecule has 0 aliphatic heterocycles. The van der Waals surface area contributed by atoms with Gasteiger partial charge in [0, 0.05) is 16.7 Å². The molecule has 3 rings (SSSR count). The number of nitrogens with zero attached hydrogens (tertiary/aromatic N) is 2. The second-order valence-electron chi connectivity index (χ2n) is 4.94. The molecule has 4 nitrogen and oxygen atoms in total. The van der Waals surface area contributed by atoms with Crippen LogP contribution in [-0.2, 0) is 0 Å². The van der Waals surface area contributed by atoms with Crippen LogP contribution in [0.15, 0.2) is 30.3 Å². The highest BCUT2D eigenvalue weighted by Crippen LogP contribution is 2.32. The molecule has 1 aromatic heterocycles. The molecule has 0 unspecified atom stereocenters. The molecule has 3 aromatic rings. The molecule has 0 aliphatic rings. The predicted molar refractivity (Wildman–Crippen MR) is 96.4 cm³/mol. The minimum atomic E-state index is -0.531. The zero-order chi connectivity index (χ0) is 16.6. The summed E-state index contributed by atoms with van der Waals surface area (Å²) in [6.45, 7) is 2.01. The van der Waals surface area contributed by atoms with E-state index in [2.05, 4.69) is 4.98 Å². The Morgan fingerprint density at radius 3 is 2.70 bits per heavy atom. The molecule has 0 amide bonds. The van der Waals surface area contributed by atoms with Crippen LogP contribution in [0.2, 0.25) is 10.0 Å². The average Bonchev–Trinajstić information content (AvgIpc) is 2.87. The van der Waals surface area contributed by atoms with E-state index in [0.717, 1.165) is 20.8 Å². The van der Waals surface area contributed by atoms with E-state index in [0.29, 0.717) is 10.6 Å². The first-order chi connectivity index (χ1) is 10.9. The van der Waals surface area contributed by atoms with Gasteiger partial charge in [-0.2, -0.15) is 0 Å². The highest BCUT2D eigenvalue weighted by atomic mass is 35.5. The summed E-state index contributed by atoms with van der Waals surface area (Å²) in [7, 11) is 0. The molecular weight excluding hydrogens is 355 g/mol. The molecular formula is C16H10Cl2N2O2S. The number of thiazole rings is 1. The molecule has 0 saturated carbocycles. The Morgan fingerprint density at radius 1 is 1.17 bits per heavy atom. The van der Waals surface area contributed by atoms with Crippen LogP contribution in [0.4, 0.5) is 5.69 Å². The summed E-state index contributed by atoms with van der Waals surface area (Å²) in [6, 6.07) is 8.82. The second-order valence-corrected chi connectivity index (χ2v) is 6.82. The maximum Gasteiger partial charge on any atom is 0.288 e. The van der Waals surface area contributed by atoms with Crippen molar-refractivity contribution in [3.63, 3.8) is 0 Å². The van der Waals surface area contributed by atoms with Gasteiger partial charge >= 0.3 is 0 Å². The van der Waals surface area contributed by atoms with Crippen LogP contribution in [0.3, 0.4) is 0 Å². The third-order valence-corrected chi connectivity index (χ3v) is 4.86. The van der Waals surface area contributed by atoms with Crippen molar-refractivity contribution in [3.8, 4) is 0 Å². The zero-order valence-electron chi connectivity index (χ0n) is 11.9. The first-order valence-corrected chi connectivity index (χ1v) is 8.20. The van der Waals surface area contributed by atoms with E-state index < -0.39 is 4.92 Å². The summed E-state index contributed by atoms with van der Waals surface area (Å²) in [4.78, 5) is 14.9. The van der Waals surface area contributed by atoms with E-state index in [9.17, 15) is 10.1 Å². The van der Waals surface area contributed by atoms with Gasteiger partial charge in [-0.15, -0.1) is 11.3 Å². The van der Waals surface area contributed by atoms with Crippen molar-refractivity contribution in [2.24, 2.45) is 0 Å². The van der Waals surface area contributed by atoms with Gasteiger partial charge in [0.2, 0.25) is 0 Å². The number of nitro benzene ring substituents is 1. The number of aryl methyl sites for hydroxylation is 1. The Labute approximate surface area is 146 Å². The molecule has 0 fully saturated rings. The lowest BCUT2D eigenvalue weighted by molar-refractivity contribution is -0.384. The Balaban J connectivity index is 1.98. The second kappa shape index (κ2) is 6.28. The quantitative estimate of drug-likeness (QED) is 0.423. The third kappa shape index (κ3) is 3.37.